The van der Waals surface area contributed by atoms with E-state index >= 15 is 0 Å². The summed E-state index contributed by atoms with van der Waals surface area (Å²) in [6.07, 6.45) is 6.12. The zero-order valence-corrected chi connectivity index (χ0v) is 11.8. The number of aryl methyl sites for hydroxylation is 1. The molecule has 1 N–H and O–H groups in total. The van der Waals surface area contributed by atoms with Crippen LogP contribution in [-0.2, 0) is 0 Å². The Hall–Kier alpha value is -1.36. The average Bonchev–Trinajstić information content (AvgIpc) is 2.85. The van der Waals surface area contributed by atoms with Crippen molar-refractivity contribution in [3.8, 4) is 0 Å². The topological polar surface area (TPSA) is 58.4 Å². The van der Waals surface area contributed by atoms with E-state index in [1.165, 1.54) is 19.0 Å². The summed E-state index contributed by atoms with van der Waals surface area (Å²) in [4.78, 5) is 14.4. The van der Waals surface area contributed by atoms with Gasteiger partial charge in [0.1, 0.15) is 11.3 Å². The lowest BCUT2D eigenvalue weighted by atomic mass is 10.0. The molecule has 0 radical (unpaired) electrons. The van der Waals surface area contributed by atoms with Crippen molar-refractivity contribution in [2.24, 2.45) is 0 Å². The number of hydrogen-bond donors (Lipinski definition) is 1. The standard InChI is InChI=1S/C14H23N3O2/c1-3-8-17(10-12-6-4-5-7-15-12)14(18)13-9-16-19-11(13)2/h9,12,15H,3-8,10H2,1-2H3. The van der Waals surface area contributed by atoms with Crippen molar-refractivity contribution < 1.29 is 9.32 Å². The van der Waals surface area contributed by atoms with Gasteiger partial charge in [-0.05, 0) is 32.7 Å². The van der Waals surface area contributed by atoms with Gasteiger partial charge in [-0.15, -0.1) is 0 Å². The lowest BCUT2D eigenvalue weighted by Crippen LogP contribution is -2.46. The molecule has 0 aliphatic carbocycles. The van der Waals surface area contributed by atoms with Crippen LogP contribution in [-0.4, -0.2) is 41.6 Å². The fourth-order valence-electron chi connectivity index (χ4n) is 2.57. The summed E-state index contributed by atoms with van der Waals surface area (Å²) in [5, 5.41) is 7.18. The van der Waals surface area contributed by atoms with Crippen molar-refractivity contribution in [1.29, 1.82) is 0 Å². The minimum absolute atomic E-state index is 0.0352. The molecular weight excluding hydrogens is 242 g/mol. The Kier molecular flexibility index (Phi) is 4.96. The zero-order valence-electron chi connectivity index (χ0n) is 11.8. The van der Waals surface area contributed by atoms with Crippen LogP contribution in [0.25, 0.3) is 0 Å². The maximum absolute atomic E-state index is 12.5. The van der Waals surface area contributed by atoms with Gasteiger partial charge in [0.05, 0.1) is 6.20 Å². The highest BCUT2D eigenvalue weighted by molar-refractivity contribution is 5.94. The Morgan fingerprint density at radius 1 is 1.58 bits per heavy atom. The quantitative estimate of drug-likeness (QED) is 0.884. The molecule has 1 aromatic rings. The molecule has 0 saturated carbocycles. The maximum Gasteiger partial charge on any atom is 0.259 e. The molecule has 0 aromatic carbocycles. The first-order chi connectivity index (χ1) is 9.22. The number of nitrogens with zero attached hydrogens (tertiary/aromatic N) is 2. The third-order valence-electron chi connectivity index (χ3n) is 3.62. The first-order valence-electron chi connectivity index (χ1n) is 7.16. The molecule has 1 aliphatic heterocycles. The molecule has 1 aromatic heterocycles. The van der Waals surface area contributed by atoms with E-state index in [1.807, 2.05) is 4.90 Å². The molecule has 1 unspecified atom stereocenters. The van der Waals surface area contributed by atoms with Gasteiger partial charge < -0.3 is 14.7 Å². The van der Waals surface area contributed by atoms with Crippen LogP contribution in [0.4, 0.5) is 0 Å². The molecule has 106 valence electrons. The second-order valence-electron chi connectivity index (χ2n) is 5.19. The minimum atomic E-state index is 0.0352. The van der Waals surface area contributed by atoms with E-state index in [1.54, 1.807) is 6.92 Å². The largest absolute Gasteiger partial charge is 0.361 e. The van der Waals surface area contributed by atoms with Crippen LogP contribution in [0.2, 0.25) is 0 Å². The Bertz CT molecular complexity index is 411. The molecule has 2 rings (SSSR count). The molecule has 1 saturated heterocycles. The molecule has 1 amide bonds. The lowest BCUT2D eigenvalue weighted by molar-refractivity contribution is 0.0730. The highest BCUT2D eigenvalue weighted by Crippen LogP contribution is 2.14. The number of amides is 1. The fraction of sp³-hybridized carbons (Fsp3) is 0.714. The van der Waals surface area contributed by atoms with Crippen LogP contribution in [0.5, 0.6) is 0 Å². The van der Waals surface area contributed by atoms with Crippen LogP contribution in [0.3, 0.4) is 0 Å². The van der Waals surface area contributed by atoms with E-state index in [2.05, 4.69) is 17.4 Å². The summed E-state index contributed by atoms with van der Waals surface area (Å²) in [5.74, 6) is 0.635. The summed E-state index contributed by atoms with van der Waals surface area (Å²) in [5.41, 5.74) is 0.587. The molecule has 5 heteroatoms. The van der Waals surface area contributed by atoms with Crippen LogP contribution < -0.4 is 5.32 Å². The normalized spacial score (nSPS) is 19.4. The van der Waals surface area contributed by atoms with Crippen molar-refractivity contribution in [3.63, 3.8) is 0 Å². The number of piperidine rings is 1. The van der Waals surface area contributed by atoms with Gasteiger partial charge in [0, 0.05) is 19.1 Å². The molecule has 0 spiro atoms. The van der Waals surface area contributed by atoms with Crippen molar-refractivity contribution in [2.45, 2.75) is 45.6 Å². The lowest BCUT2D eigenvalue weighted by Gasteiger charge is -2.30. The molecule has 1 atom stereocenters. The third-order valence-corrected chi connectivity index (χ3v) is 3.62. The monoisotopic (exact) mass is 265 g/mol. The second kappa shape index (κ2) is 6.70. The number of rotatable bonds is 5. The fourth-order valence-corrected chi connectivity index (χ4v) is 2.57. The first-order valence-corrected chi connectivity index (χ1v) is 7.16. The van der Waals surface area contributed by atoms with Crippen LogP contribution >= 0.6 is 0 Å². The zero-order chi connectivity index (χ0) is 13.7. The highest BCUT2D eigenvalue weighted by atomic mass is 16.5. The van der Waals surface area contributed by atoms with E-state index in [-0.39, 0.29) is 5.91 Å². The highest BCUT2D eigenvalue weighted by Gasteiger charge is 2.23. The van der Waals surface area contributed by atoms with Gasteiger partial charge in [0.2, 0.25) is 0 Å². The minimum Gasteiger partial charge on any atom is -0.361 e. The summed E-state index contributed by atoms with van der Waals surface area (Å²) >= 11 is 0. The van der Waals surface area contributed by atoms with Crippen LogP contribution in [0, 0.1) is 6.92 Å². The van der Waals surface area contributed by atoms with Crippen LogP contribution in [0.1, 0.15) is 48.7 Å². The van der Waals surface area contributed by atoms with Crippen molar-refractivity contribution in [1.82, 2.24) is 15.4 Å². The third kappa shape index (κ3) is 3.56. The van der Waals surface area contributed by atoms with E-state index in [0.717, 1.165) is 32.5 Å². The molecule has 5 nitrogen and oxygen atoms in total. The van der Waals surface area contributed by atoms with E-state index in [0.29, 0.717) is 17.4 Å². The maximum atomic E-state index is 12.5. The molecule has 19 heavy (non-hydrogen) atoms. The van der Waals surface area contributed by atoms with Gasteiger partial charge >= 0.3 is 0 Å². The molecule has 1 aliphatic rings. The number of hydrogen-bond acceptors (Lipinski definition) is 4. The second-order valence-corrected chi connectivity index (χ2v) is 5.19. The van der Waals surface area contributed by atoms with E-state index in [4.69, 9.17) is 4.52 Å². The number of carbonyl (C=O) groups is 1. The number of nitrogens with one attached hydrogen (secondary N) is 1. The van der Waals surface area contributed by atoms with E-state index in [9.17, 15) is 4.79 Å². The SMILES string of the molecule is CCCN(CC1CCCCN1)C(=O)c1cnoc1C. The Morgan fingerprint density at radius 3 is 3.00 bits per heavy atom. The summed E-state index contributed by atoms with van der Waals surface area (Å²) in [7, 11) is 0. The van der Waals surface area contributed by atoms with E-state index < -0.39 is 0 Å². The summed E-state index contributed by atoms with van der Waals surface area (Å²) in [6.45, 7) is 6.49. The predicted octanol–water partition coefficient (Wildman–Crippen LogP) is 1.98. The first kappa shape index (κ1) is 14.1. The molecule has 1 fully saturated rings. The predicted molar refractivity (Wildman–Crippen MR) is 73.1 cm³/mol. The molecule has 2 heterocycles. The Morgan fingerprint density at radius 2 is 2.42 bits per heavy atom. The molecule has 0 bridgehead atoms. The van der Waals surface area contributed by atoms with Crippen LogP contribution in [0.15, 0.2) is 10.7 Å². The van der Waals surface area contributed by atoms with Gasteiger partial charge in [0.25, 0.3) is 5.91 Å². The molecular formula is C14H23N3O2. The smallest absolute Gasteiger partial charge is 0.259 e. The number of carbonyl (C=O) groups excluding carboxylic acids is 1. The van der Waals surface area contributed by atoms with Gasteiger partial charge in [-0.2, -0.15) is 0 Å². The van der Waals surface area contributed by atoms with Gasteiger partial charge in [-0.25, -0.2) is 0 Å². The van der Waals surface area contributed by atoms with Gasteiger partial charge in [0.15, 0.2) is 0 Å². The average molecular weight is 265 g/mol. The van der Waals surface area contributed by atoms with Gasteiger partial charge in [-0.1, -0.05) is 18.5 Å². The van der Waals surface area contributed by atoms with Crippen molar-refractivity contribution in [3.05, 3.63) is 17.5 Å². The Balaban J connectivity index is 2.02. The van der Waals surface area contributed by atoms with Crippen molar-refractivity contribution in [2.75, 3.05) is 19.6 Å². The van der Waals surface area contributed by atoms with Crippen molar-refractivity contribution >= 4 is 5.91 Å². The van der Waals surface area contributed by atoms with Gasteiger partial charge in [-0.3, -0.25) is 4.79 Å². The number of aromatic nitrogens is 1. The summed E-state index contributed by atoms with van der Waals surface area (Å²) in [6, 6.07) is 0.421. The Labute approximate surface area is 114 Å². The summed E-state index contributed by atoms with van der Waals surface area (Å²) < 4.78 is 4.99.